The molecule has 9 nitrogen and oxygen atoms in total. The van der Waals surface area contributed by atoms with Crippen LogP contribution in [-0.4, -0.2) is 41.0 Å². The van der Waals surface area contributed by atoms with E-state index >= 15 is 0 Å². The van der Waals surface area contributed by atoms with Crippen molar-refractivity contribution in [2.75, 3.05) is 0 Å². The van der Waals surface area contributed by atoms with Crippen LogP contribution in [0.4, 0.5) is 22.0 Å². The van der Waals surface area contributed by atoms with Gasteiger partial charge in [0.1, 0.15) is 12.1 Å². The molecule has 2 aromatic heterocycles. The Kier molecular flexibility index (Phi) is 4.53. The van der Waals surface area contributed by atoms with Crippen LogP contribution in [0, 0.1) is 0 Å². The molecule has 33 heavy (non-hydrogen) atoms. The number of carbonyl (C=O) groups excluding carboxylic acids is 1. The molecule has 0 spiro atoms. The highest BCUT2D eigenvalue weighted by molar-refractivity contribution is 7.87. The Balaban J connectivity index is 1.67. The van der Waals surface area contributed by atoms with Crippen LogP contribution in [0.3, 0.4) is 0 Å². The van der Waals surface area contributed by atoms with Gasteiger partial charge in [-0.25, -0.2) is 9.50 Å². The number of rotatable bonds is 4. The molecule has 2 bridgehead atoms. The summed E-state index contributed by atoms with van der Waals surface area (Å²) in [5.41, 5.74) is -4.55. The molecule has 174 valence electrons. The molecule has 1 aliphatic carbocycles. The van der Waals surface area contributed by atoms with Gasteiger partial charge in [-0.1, -0.05) is 6.07 Å². The van der Waals surface area contributed by atoms with E-state index < -0.39 is 46.0 Å². The Morgan fingerprint density at radius 1 is 1.21 bits per heavy atom. The minimum Gasteiger partial charge on any atom is -0.434 e. The van der Waals surface area contributed by atoms with Crippen molar-refractivity contribution in [3.8, 4) is 11.6 Å². The van der Waals surface area contributed by atoms with Crippen LogP contribution in [0.1, 0.15) is 45.6 Å². The Morgan fingerprint density at radius 2 is 1.97 bits per heavy atom. The van der Waals surface area contributed by atoms with E-state index in [-0.39, 0.29) is 28.8 Å². The van der Waals surface area contributed by atoms with E-state index in [9.17, 15) is 35.2 Å². The van der Waals surface area contributed by atoms with Crippen LogP contribution >= 0.6 is 0 Å². The van der Waals surface area contributed by atoms with Crippen LogP contribution < -0.4 is 14.2 Å². The van der Waals surface area contributed by atoms with Gasteiger partial charge in [0, 0.05) is 28.7 Å². The van der Waals surface area contributed by atoms with Crippen molar-refractivity contribution in [2.24, 2.45) is 0 Å². The molecule has 1 N–H and O–H groups in total. The number of nitrogens with one attached hydrogen (secondary N) is 1. The van der Waals surface area contributed by atoms with Gasteiger partial charge in [0.2, 0.25) is 5.88 Å². The molecule has 2 atom stereocenters. The number of halogens is 5. The summed E-state index contributed by atoms with van der Waals surface area (Å²) in [6.45, 7) is -3.17. The fourth-order valence-electron chi connectivity index (χ4n) is 4.19. The molecule has 0 saturated carbocycles. The summed E-state index contributed by atoms with van der Waals surface area (Å²) in [6.07, 6.45) is 1.17. The van der Waals surface area contributed by atoms with E-state index in [4.69, 9.17) is 0 Å². The standard InChI is InChI=1S/C18H11F5N4O5S/c19-17(20)31-11-3-1-2-7-13(11)8-4-9(25-16(7)28)15-14(8)10-5-12(24-6-27(10)26-15)32-33(29,30)18(21,22)23/h1-3,5-6,8-9,17H,4H2,(H,25,28). The summed E-state index contributed by atoms with van der Waals surface area (Å²) in [5.74, 6) is -2.33. The van der Waals surface area contributed by atoms with E-state index in [1.807, 2.05) is 0 Å². The SMILES string of the molecule is O=C1NC2CC(c3c(OC(F)F)cccc31)c1c2nn2cnc(OS(=O)(=O)C(F)(F)F)cc12. The molecule has 5 rings (SSSR count). The van der Waals surface area contributed by atoms with Crippen molar-refractivity contribution in [1.29, 1.82) is 0 Å². The number of fused-ring (bicyclic) bond motifs is 9. The number of nitrogens with zero attached hydrogens (tertiary/aromatic N) is 3. The largest absolute Gasteiger partial charge is 0.534 e. The third kappa shape index (κ3) is 3.34. The number of hydrogen-bond donors (Lipinski definition) is 1. The lowest BCUT2D eigenvalue weighted by molar-refractivity contribution is -0.0509. The highest BCUT2D eigenvalue weighted by Gasteiger charge is 2.49. The second kappa shape index (κ2) is 7.00. The van der Waals surface area contributed by atoms with Crippen LogP contribution in [0.15, 0.2) is 30.6 Å². The lowest BCUT2D eigenvalue weighted by Crippen LogP contribution is -2.28. The average Bonchev–Trinajstić information content (AvgIpc) is 3.19. The molecule has 0 saturated heterocycles. The molecular weight excluding hydrogens is 479 g/mol. The third-order valence-corrected chi connectivity index (χ3v) is 6.33. The average molecular weight is 490 g/mol. The molecule has 1 aliphatic heterocycles. The molecule has 3 aromatic rings. The molecule has 0 fully saturated rings. The quantitative estimate of drug-likeness (QED) is 0.340. The van der Waals surface area contributed by atoms with Crippen LogP contribution in [0.2, 0.25) is 0 Å². The summed E-state index contributed by atoms with van der Waals surface area (Å²) < 4.78 is 96.7. The predicted molar refractivity (Wildman–Crippen MR) is 98.3 cm³/mol. The smallest absolute Gasteiger partial charge is 0.434 e. The fraction of sp³-hybridized carbons (Fsp3) is 0.278. The number of carbonyl (C=O) groups is 1. The Labute approximate surface area is 181 Å². The first-order valence-electron chi connectivity index (χ1n) is 9.24. The first-order valence-corrected chi connectivity index (χ1v) is 10.6. The summed E-state index contributed by atoms with van der Waals surface area (Å²) >= 11 is 0. The molecule has 1 aromatic carbocycles. The van der Waals surface area contributed by atoms with Crippen LogP contribution in [0.5, 0.6) is 11.6 Å². The number of alkyl halides is 5. The Bertz CT molecular complexity index is 1410. The Morgan fingerprint density at radius 3 is 2.67 bits per heavy atom. The zero-order valence-electron chi connectivity index (χ0n) is 16.0. The minimum atomic E-state index is -5.97. The summed E-state index contributed by atoms with van der Waals surface area (Å²) in [4.78, 5) is 16.2. The highest BCUT2D eigenvalue weighted by Crippen LogP contribution is 2.51. The highest BCUT2D eigenvalue weighted by atomic mass is 32.2. The van der Waals surface area contributed by atoms with Gasteiger partial charge < -0.3 is 14.2 Å². The second-order valence-electron chi connectivity index (χ2n) is 7.25. The van der Waals surface area contributed by atoms with Crippen molar-refractivity contribution < 1.29 is 44.1 Å². The molecule has 3 heterocycles. The van der Waals surface area contributed by atoms with Crippen molar-refractivity contribution in [2.45, 2.75) is 30.5 Å². The Hall–Kier alpha value is -3.49. The lowest BCUT2D eigenvalue weighted by atomic mass is 9.89. The number of hydrogen-bond acceptors (Lipinski definition) is 7. The zero-order valence-corrected chi connectivity index (χ0v) is 16.8. The molecule has 1 amide bonds. The van der Waals surface area contributed by atoms with Gasteiger partial charge in [-0.05, 0) is 18.6 Å². The summed E-state index contributed by atoms with van der Waals surface area (Å²) in [7, 11) is -5.97. The number of aromatic nitrogens is 3. The van der Waals surface area contributed by atoms with Crippen LogP contribution in [-0.2, 0) is 10.1 Å². The number of benzene rings is 1. The maximum atomic E-state index is 13.0. The monoisotopic (exact) mass is 490 g/mol. The normalized spacial score (nSPS) is 19.8. The predicted octanol–water partition coefficient (Wildman–Crippen LogP) is 2.88. The number of ether oxygens (including phenoxy) is 1. The van der Waals surface area contributed by atoms with E-state index in [1.54, 1.807) is 0 Å². The molecular formula is C18H11F5N4O5S. The van der Waals surface area contributed by atoms with Gasteiger partial charge in [0.25, 0.3) is 5.91 Å². The molecule has 2 aliphatic rings. The van der Waals surface area contributed by atoms with Crippen molar-refractivity contribution in [1.82, 2.24) is 19.9 Å². The van der Waals surface area contributed by atoms with Gasteiger partial charge in [-0.15, -0.1) is 0 Å². The van der Waals surface area contributed by atoms with Gasteiger partial charge in [0.15, 0.2) is 0 Å². The lowest BCUT2D eigenvalue weighted by Gasteiger charge is -2.19. The van der Waals surface area contributed by atoms with Gasteiger partial charge in [-0.2, -0.15) is 35.5 Å². The molecule has 15 heteroatoms. The minimum absolute atomic E-state index is 0.0934. The van der Waals surface area contributed by atoms with Gasteiger partial charge in [-0.3, -0.25) is 4.79 Å². The van der Waals surface area contributed by atoms with Crippen molar-refractivity contribution in [3.63, 3.8) is 0 Å². The van der Waals surface area contributed by atoms with Gasteiger partial charge >= 0.3 is 22.2 Å². The summed E-state index contributed by atoms with van der Waals surface area (Å²) in [6, 6.07) is 4.40. The van der Waals surface area contributed by atoms with E-state index in [0.29, 0.717) is 11.3 Å². The third-order valence-electron chi connectivity index (χ3n) is 5.38. The topological polar surface area (TPSA) is 112 Å². The van der Waals surface area contributed by atoms with E-state index in [1.165, 1.54) is 22.7 Å². The molecule has 2 unspecified atom stereocenters. The van der Waals surface area contributed by atoms with Crippen LogP contribution in [0.25, 0.3) is 5.52 Å². The maximum absolute atomic E-state index is 13.0. The zero-order chi connectivity index (χ0) is 23.7. The van der Waals surface area contributed by atoms with E-state index in [2.05, 4.69) is 24.3 Å². The fourth-order valence-corrected chi connectivity index (χ4v) is 4.60. The van der Waals surface area contributed by atoms with Gasteiger partial charge in [0.05, 0.1) is 17.3 Å². The van der Waals surface area contributed by atoms with Crippen molar-refractivity contribution >= 4 is 21.5 Å². The molecule has 0 radical (unpaired) electrons. The first-order chi connectivity index (χ1) is 15.5. The van der Waals surface area contributed by atoms with Crippen molar-refractivity contribution in [3.05, 3.63) is 53.0 Å². The van der Waals surface area contributed by atoms with E-state index in [0.717, 1.165) is 12.4 Å². The summed E-state index contributed by atoms with van der Waals surface area (Å²) in [5, 5.41) is 7.03. The second-order valence-corrected chi connectivity index (χ2v) is 8.79. The maximum Gasteiger partial charge on any atom is 0.534 e. The first kappa shape index (κ1) is 21.4. The number of amides is 1.